The first kappa shape index (κ1) is 15.4. The van der Waals surface area contributed by atoms with Crippen LogP contribution in [0.5, 0.6) is 0 Å². The van der Waals surface area contributed by atoms with E-state index >= 15 is 0 Å². The van der Waals surface area contributed by atoms with Gasteiger partial charge in [0.25, 0.3) is 0 Å². The average Bonchev–Trinajstić information content (AvgIpc) is 3.19. The molecule has 3 aliphatic rings. The SMILES string of the molecule is C=C1CCc2c1ccc1c2C2CCCCC2C1CCc1ccccc1. The van der Waals surface area contributed by atoms with Crippen molar-refractivity contribution < 1.29 is 0 Å². The van der Waals surface area contributed by atoms with Crippen LogP contribution in [-0.2, 0) is 12.8 Å². The molecule has 1 saturated carbocycles. The average molecular weight is 328 g/mol. The van der Waals surface area contributed by atoms with Gasteiger partial charge in [0.15, 0.2) is 0 Å². The standard InChI is InChI=1S/C25H28/c1-17-11-13-23-19(17)15-16-24-21(14-12-18-7-3-2-4-8-18)20-9-5-6-10-22(20)25(23)24/h2-4,7-8,15-16,20-22H,1,5-6,9-14H2. The van der Waals surface area contributed by atoms with Gasteiger partial charge in [-0.15, -0.1) is 0 Å². The summed E-state index contributed by atoms with van der Waals surface area (Å²) >= 11 is 0. The number of benzene rings is 2. The zero-order chi connectivity index (χ0) is 16.8. The van der Waals surface area contributed by atoms with Crippen LogP contribution in [0, 0.1) is 5.92 Å². The smallest absolute Gasteiger partial charge is 0.0122 e. The van der Waals surface area contributed by atoms with Gasteiger partial charge in [-0.25, -0.2) is 0 Å². The van der Waals surface area contributed by atoms with Crippen LogP contribution in [0.25, 0.3) is 5.57 Å². The third kappa shape index (κ3) is 2.49. The highest BCUT2D eigenvalue weighted by atomic mass is 14.5. The molecule has 0 nitrogen and oxygen atoms in total. The molecule has 2 aromatic rings. The van der Waals surface area contributed by atoms with Crippen LogP contribution in [0.2, 0.25) is 0 Å². The first-order valence-electron chi connectivity index (χ1n) is 10.2. The van der Waals surface area contributed by atoms with Crippen molar-refractivity contribution in [2.45, 2.75) is 63.2 Å². The summed E-state index contributed by atoms with van der Waals surface area (Å²) in [5, 5.41) is 0. The summed E-state index contributed by atoms with van der Waals surface area (Å²) < 4.78 is 0. The predicted molar refractivity (Wildman–Crippen MR) is 106 cm³/mol. The summed E-state index contributed by atoms with van der Waals surface area (Å²) in [5.74, 6) is 2.51. The molecule has 3 atom stereocenters. The Labute approximate surface area is 152 Å². The number of rotatable bonds is 3. The minimum absolute atomic E-state index is 0.777. The lowest BCUT2D eigenvalue weighted by molar-refractivity contribution is 0.281. The molecule has 1 fully saturated rings. The fourth-order valence-corrected chi connectivity index (χ4v) is 6.02. The van der Waals surface area contributed by atoms with Crippen molar-refractivity contribution in [3.63, 3.8) is 0 Å². The first-order chi connectivity index (χ1) is 12.3. The molecule has 0 saturated heterocycles. The third-order valence-corrected chi connectivity index (χ3v) is 7.14. The maximum absolute atomic E-state index is 4.32. The molecule has 0 aromatic heterocycles. The van der Waals surface area contributed by atoms with E-state index in [1.54, 1.807) is 16.7 Å². The normalized spacial score (nSPS) is 27.0. The van der Waals surface area contributed by atoms with Crippen LogP contribution in [0.1, 0.15) is 78.2 Å². The van der Waals surface area contributed by atoms with Gasteiger partial charge in [0, 0.05) is 0 Å². The van der Waals surface area contributed by atoms with Gasteiger partial charge >= 0.3 is 0 Å². The predicted octanol–water partition coefficient (Wildman–Crippen LogP) is 6.65. The lowest BCUT2D eigenvalue weighted by Crippen LogP contribution is -2.17. The van der Waals surface area contributed by atoms with Gasteiger partial charge in [0.05, 0.1) is 0 Å². The van der Waals surface area contributed by atoms with Crippen LogP contribution >= 0.6 is 0 Å². The molecule has 0 aliphatic heterocycles. The summed E-state index contributed by atoms with van der Waals surface area (Å²) in [4.78, 5) is 0. The Hall–Kier alpha value is -1.82. The van der Waals surface area contributed by atoms with Crippen LogP contribution < -0.4 is 0 Å². The van der Waals surface area contributed by atoms with Crippen LogP contribution in [-0.4, -0.2) is 0 Å². The molecule has 0 amide bonds. The van der Waals surface area contributed by atoms with E-state index < -0.39 is 0 Å². The largest absolute Gasteiger partial charge is 0.0952 e. The molecular formula is C25H28. The van der Waals surface area contributed by atoms with Gasteiger partial charge in [-0.05, 0) is 89.7 Å². The second-order valence-electron chi connectivity index (χ2n) is 8.38. The number of hydrogen-bond acceptors (Lipinski definition) is 0. The third-order valence-electron chi connectivity index (χ3n) is 7.14. The van der Waals surface area contributed by atoms with Crippen molar-refractivity contribution >= 4 is 5.57 Å². The van der Waals surface area contributed by atoms with Gasteiger partial charge in [-0.2, -0.15) is 0 Å². The van der Waals surface area contributed by atoms with Crippen molar-refractivity contribution in [2.24, 2.45) is 5.92 Å². The highest BCUT2D eigenvalue weighted by Crippen LogP contribution is 2.57. The molecule has 0 bridgehead atoms. The van der Waals surface area contributed by atoms with E-state index in [-0.39, 0.29) is 0 Å². The second kappa shape index (κ2) is 6.16. The van der Waals surface area contributed by atoms with E-state index in [2.05, 4.69) is 49.0 Å². The van der Waals surface area contributed by atoms with Crippen molar-refractivity contribution in [3.8, 4) is 0 Å². The summed E-state index contributed by atoms with van der Waals surface area (Å²) in [5.41, 5.74) is 9.53. The fraction of sp³-hybridized carbons (Fsp3) is 0.440. The van der Waals surface area contributed by atoms with Gasteiger partial charge in [0.2, 0.25) is 0 Å². The molecule has 0 heterocycles. The van der Waals surface area contributed by atoms with Crippen molar-refractivity contribution in [2.75, 3.05) is 0 Å². The maximum atomic E-state index is 4.32. The zero-order valence-electron chi connectivity index (χ0n) is 15.1. The molecule has 0 heteroatoms. The van der Waals surface area contributed by atoms with E-state index in [1.165, 1.54) is 68.1 Å². The number of aryl methyl sites for hydroxylation is 1. The molecule has 0 spiro atoms. The second-order valence-corrected chi connectivity index (χ2v) is 8.38. The maximum Gasteiger partial charge on any atom is -0.0122 e. The number of hydrogen-bond donors (Lipinski definition) is 0. The molecule has 2 aromatic carbocycles. The zero-order valence-corrected chi connectivity index (χ0v) is 15.1. The topological polar surface area (TPSA) is 0 Å². The minimum atomic E-state index is 0.777. The van der Waals surface area contributed by atoms with E-state index in [0.717, 1.165) is 17.8 Å². The Morgan fingerprint density at radius 2 is 1.76 bits per heavy atom. The van der Waals surface area contributed by atoms with Crippen LogP contribution in [0.4, 0.5) is 0 Å². The van der Waals surface area contributed by atoms with Crippen LogP contribution in [0.3, 0.4) is 0 Å². The molecule has 5 rings (SSSR count). The number of allylic oxidation sites excluding steroid dienone is 1. The summed E-state index contributed by atoms with van der Waals surface area (Å²) in [6, 6.07) is 16.0. The Balaban J connectivity index is 1.51. The summed E-state index contributed by atoms with van der Waals surface area (Å²) in [6.07, 6.45) is 10.7. The monoisotopic (exact) mass is 328 g/mol. The van der Waals surface area contributed by atoms with Crippen molar-refractivity contribution in [1.82, 2.24) is 0 Å². The molecule has 25 heavy (non-hydrogen) atoms. The van der Waals surface area contributed by atoms with Gasteiger partial charge in [-0.1, -0.05) is 61.9 Å². The minimum Gasteiger partial charge on any atom is -0.0952 e. The lowest BCUT2D eigenvalue weighted by atomic mass is 9.74. The van der Waals surface area contributed by atoms with E-state index in [4.69, 9.17) is 0 Å². The van der Waals surface area contributed by atoms with Crippen molar-refractivity contribution in [1.29, 1.82) is 0 Å². The van der Waals surface area contributed by atoms with E-state index in [0.29, 0.717) is 0 Å². The molecule has 0 N–H and O–H groups in total. The van der Waals surface area contributed by atoms with Crippen molar-refractivity contribution in [3.05, 3.63) is 76.9 Å². The molecule has 0 radical (unpaired) electrons. The van der Waals surface area contributed by atoms with Gasteiger partial charge in [-0.3, -0.25) is 0 Å². The molecule has 3 aliphatic carbocycles. The van der Waals surface area contributed by atoms with Gasteiger partial charge in [0.1, 0.15) is 0 Å². The van der Waals surface area contributed by atoms with E-state index in [1.807, 2.05) is 0 Å². The van der Waals surface area contributed by atoms with Crippen LogP contribution in [0.15, 0.2) is 49.0 Å². The Morgan fingerprint density at radius 1 is 0.920 bits per heavy atom. The lowest BCUT2D eigenvalue weighted by Gasteiger charge is -2.30. The Kier molecular flexibility index (Phi) is 3.81. The Morgan fingerprint density at radius 3 is 2.64 bits per heavy atom. The fourth-order valence-electron chi connectivity index (χ4n) is 6.02. The molecule has 3 unspecified atom stereocenters. The number of fused-ring (bicyclic) bond motifs is 5. The Bertz CT molecular complexity index is 798. The highest BCUT2D eigenvalue weighted by Gasteiger charge is 2.43. The first-order valence-corrected chi connectivity index (χ1v) is 10.2. The summed E-state index contributed by atoms with van der Waals surface area (Å²) in [6.45, 7) is 4.32. The van der Waals surface area contributed by atoms with E-state index in [9.17, 15) is 0 Å². The molecule has 128 valence electrons. The molecular weight excluding hydrogens is 300 g/mol. The quantitative estimate of drug-likeness (QED) is 0.591. The summed E-state index contributed by atoms with van der Waals surface area (Å²) in [7, 11) is 0. The highest BCUT2D eigenvalue weighted by molar-refractivity contribution is 5.73. The van der Waals surface area contributed by atoms with Gasteiger partial charge < -0.3 is 0 Å².